The third-order valence-corrected chi connectivity index (χ3v) is 2.70. The largest absolute Gasteiger partial charge is 0.356 e. The molecular formula is C15H20N4O. The maximum atomic E-state index is 5.35. The van der Waals surface area contributed by atoms with Crippen LogP contribution in [-0.2, 0) is 6.54 Å². The van der Waals surface area contributed by atoms with Crippen molar-refractivity contribution in [1.29, 1.82) is 0 Å². The van der Waals surface area contributed by atoms with E-state index in [-0.39, 0.29) is 0 Å². The van der Waals surface area contributed by atoms with Crippen LogP contribution in [0.3, 0.4) is 0 Å². The molecule has 0 fully saturated rings. The van der Waals surface area contributed by atoms with Gasteiger partial charge < -0.3 is 15.2 Å². The summed E-state index contributed by atoms with van der Waals surface area (Å²) >= 11 is 0. The maximum Gasteiger partial charge on any atom is 0.191 e. The van der Waals surface area contributed by atoms with Crippen molar-refractivity contribution in [3.8, 4) is 11.3 Å². The number of aromatic nitrogens is 1. The molecular weight excluding hydrogens is 252 g/mol. The maximum absolute atomic E-state index is 5.35. The second-order valence-corrected chi connectivity index (χ2v) is 4.77. The Hall–Kier alpha value is -2.30. The van der Waals surface area contributed by atoms with Gasteiger partial charge in [-0.3, -0.25) is 4.99 Å². The molecule has 2 N–H and O–H groups in total. The molecule has 2 aromatic rings. The van der Waals surface area contributed by atoms with Gasteiger partial charge in [0.15, 0.2) is 11.7 Å². The highest BCUT2D eigenvalue weighted by Crippen LogP contribution is 2.19. The van der Waals surface area contributed by atoms with Crippen molar-refractivity contribution in [2.75, 3.05) is 7.05 Å². The Morgan fingerprint density at radius 2 is 2.05 bits per heavy atom. The van der Waals surface area contributed by atoms with Gasteiger partial charge in [-0.15, -0.1) is 0 Å². The van der Waals surface area contributed by atoms with E-state index in [2.05, 4.69) is 34.6 Å². The minimum absolute atomic E-state index is 0.332. The average molecular weight is 272 g/mol. The van der Waals surface area contributed by atoms with Crippen molar-refractivity contribution in [3.05, 3.63) is 42.1 Å². The van der Waals surface area contributed by atoms with Gasteiger partial charge in [-0.1, -0.05) is 35.5 Å². The molecule has 0 unspecified atom stereocenters. The Labute approximate surface area is 119 Å². The minimum atomic E-state index is 0.332. The predicted molar refractivity (Wildman–Crippen MR) is 80.4 cm³/mol. The third kappa shape index (κ3) is 3.85. The van der Waals surface area contributed by atoms with Crippen molar-refractivity contribution in [3.63, 3.8) is 0 Å². The van der Waals surface area contributed by atoms with Gasteiger partial charge >= 0.3 is 0 Å². The molecule has 0 spiro atoms. The number of benzene rings is 1. The quantitative estimate of drug-likeness (QED) is 0.663. The molecule has 0 saturated carbocycles. The van der Waals surface area contributed by atoms with Crippen LogP contribution in [0.4, 0.5) is 0 Å². The predicted octanol–water partition coefficient (Wildman–Crippen LogP) is 2.42. The molecule has 5 heteroatoms. The normalized spacial score (nSPS) is 11.7. The monoisotopic (exact) mass is 272 g/mol. The van der Waals surface area contributed by atoms with E-state index in [1.54, 1.807) is 7.05 Å². The fourth-order valence-corrected chi connectivity index (χ4v) is 1.78. The van der Waals surface area contributed by atoms with E-state index in [1.807, 2.05) is 36.4 Å². The van der Waals surface area contributed by atoms with Crippen molar-refractivity contribution < 1.29 is 4.52 Å². The fourth-order valence-electron chi connectivity index (χ4n) is 1.78. The number of aliphatic imine (C=N–C) groups is 1. The first-order chi connectivity index (χ1) is 9.69. The van der Waals surface area contributed by atoms with Gasteiger partial charge in [0.2, 0.25) is 0 Å². The van der Waals surface area contributed by atoms with Crippen LogP contribution in [0.2, 0.25) is 0 Å². The lowest BCUT2D eigenvalue weighted by molar-refractivity contribution is 0.422. The summed E-state index contributed by atoms with van der Waals surface area (Å²) in [6.45, 7) is 4.70. The molecule has 0 bridgehead atoms. The van der Waals surface area contributed by atoms with Crippen LogP contribution in [-0.4, -0.2) is 24.2 Å². The van der Waals surface area contributed by atoms with Gasteiger partial charge in [-0.2, -0.15) is 0 Å². The first kappa shape index (κ1) is 14.1. The molecule has 5 nitrogen and oxygen atoms in total. The first-order valence-corrected chi connectivity index (χ1v) is 6.67. The summed E-state index contributed by atoms with van der Waals surface area (Å²) in [5, 5.41) is 10.5. The van der Waals surface area contributed by atoms with E-state index in [1.165, 1.54) is 0 Å². The summed E-state index contributed by atoms with van der Waals surface area (Å²) < 4.78 is 5.35. The second kappa shape index (κ2) is 6.75. The van der Waals surface area contributed by atoms with Gasteiger partial charge in [0.25, 0.3) is 0 Å². The van der Waals surface area contributed by atoms with Gasteiger partial charge in [0, 0.05) is 24.7 Å². The van der Waals surface area contributed by atoms with Gasteiger partial charge in [0.05, 0.1) is 6.54 Å². The average Bonchev–Trinajstić information content (AvgIpc) is 2.93. The summed E-state index contributed by atoms with van der Waals surface area (Å²) in [6, 6.07) is 12.2. The summed E-state index contributed by atoms with van der Waals surface area (Å²) in [6.07, 6.45) is 0. The van der Waals surface area contributed by atoms with Crippen molar-refractivity contribution in [2.24, 2.45) is 4.99 Å². The molecule has 0 aliphatic carbocycles. The lowest BCUT2D eigenvalue weighted by atomic mass is 10.2. The van der Waals surface area contributed by atoms with E-state index in [9.17, 15) is 0 Å². The smallest absolute Gasteiger partial charge is 0.191 e. The fraction of sp³-hybridized carbons (Fsp3) is 0.333. The summed E-state index contributed by atoms with van der Waals surface area (Å²) in [5.41, 5.74) is 1.87. The highest BCUT2D eigenvalue weighted by atomic mass is 16.5. The van der Waals surface area contributed by atoms with Gasteiger partial charge in [-0.25, -0.2) is 0 Å². The van der Waals surface area contributed by atoms with Gasteiger partial charge in [0.1, 0.15) is 5.69 Å². The van der Waals surface area contributed by atoms with Crippen LogP contribution in [0.1, 0.15) is 19.5 Å². The second-order valence-electron chi connectivity index (χ2n) is 4.77. The Morgan fingerprint density at radius 3 is 2.70 bits per heavy atom. The number of hydrogen-bond donors (Lipinski definition) is 2. The van der Waals surface area contributed by atoms with Crippen LogP contribution in [0.15, 0.2) is 45.9 Å². The molecule has 1 aromatic heterocycles. The Bertz CT molecular complexity index is 560. The Morgan fingerprint density at radius 1 is 1.30 bits per heavy atom. The molecule has 1 aromatic carbocycles. The van der Waals surface area contributed by atoms with Crippen LogP contribution >= 0.6 is 0 Å². The molecule has 20 heavy (non-hydrogen) atoms. The van der Waals surface area contributed by atoms with Crippen molar-refractivity contribution in [1.82, 2.24) is 15.8 Å². The lowest BCUT2D eigenvalue weighted by Gasteiger charge is -2.13. The van der Waals surface area contributed by atoms with E-state index < -0.39 is 0 Å². The van der Waals surface area contributed by atoms with Crippen LogP contribution in [0.5, 0.6) is 0 Å². The highest BCUT2D eigenvalue weighted by Gasteiger charge is 2.07. The molecule has 0 saturated heterocycles. The van der Waals surface area contributed by atoms with Crippen LogP contribution < -0.4 is 10.6 Å². The molecule has 106 valence electrons. The Balaban J connectivity index is 1.97. The Kier molecular flexibility index (Phi) is 4.76. The number of hydrogen-bond acceptors (Lipinski definition) is 3. The minimum Gasteiger partial charge on any atom is -0.356 e. The molecule has 0 atom stereocenters. The van der Waals surface area contributed by atoms with E-state index in [0.717, 1.165) is 23.0 Å². The molecule has 0 aliphatic heterocycles. The zero-order chi connectivity index (χ0) is 14.4. The van der Waals surface area contributed by atoms with Crippen molar-refractivity contribution in [2.45, 2.75) is 26.4 Å². The summed E-state index contributed by atoms with van der Waals surface area (Å²) in [7, 11) is 1.75. The first-order valence-electron chi connectivity index (χ1n) is 6.67. The third-order valence-electron chi connectivity index (χ3n) is 2.70. The SMILES string of the molecule is CN=C(NCc1cc(-c2ccccc2)on1)NC(C)C. The zero-order valence-corrected chi connectivity index (χ0v) is 12.1. The van der Waals surface area contributed by atoms with Gasteiger partial charge in [-0.05, 0) is 13.8 Å². The van der Waals surface area contributed by atoms with E-state index in [0.29, 0.717) is 12.6 Å². The molecule has 2 rings (SSSR count). The number of nitrogens with one attached hydrogen (secondary N) is 2. The van der Waals surface area contributed by atoms with E-state index >= 15 is 0 Å². The topological polar surface area (TPSA) is 62.5 Å². The highest BCUT2D eigenvalue weighted by molar-refractivity contribution is 5.79. The molecule has 0 aliphatic rings. The lowest BCUT2D eigenvalue weighted by Crippen LogP contribution is -2.40. The number of rotatable bonds is 4. The molecule has 1 heterocycles. The standard InChI is InChI=1S/C15H20N4O/c1-11(2)18-15(16-3)17-10-13-9-14(20-19-13)12-7-5-4-6-8-12/h4-9,11H,10H2,1-3H3,(H2,16,17,18). The molecule has 0 amide bonds. The van der Waals surface area contributed by atoms with E-state index in [4.69, 9.17) is 4.52 Å². The van der Waals surface area contributed by atoms with Crippen LogP contribution in [0.25, 0.3) is 11.3 Å². The molecule has 0 radical (unpaired) electrons. The van der Waals surface area contributed by atoms with Crippen LogP contribution in [0, 0.1) is 0 Å². The van der Waals surface area contributed by atoms with Crippen molar-refractivity contribution >= 4 is 5.96 Å². The number of guanidine groups is 1. The summed E-state index contributed by atoms with van der Waals surface area (Å²) in [5.74, 6) is 1.53. The zero-order valence-electron chi connectivity index (χ0n) is 12.1. The summed E-state index contributed by atoms with van der Waals surface area (Å²) in [4.78, 5) is 4.14. The number of nitrogens with zero attached hydrogens (tertiary/aromatic N) is 2.